The highest BCUT2D eigenvalue weighted by molar-refractivity contribution is 6.12. The van der Waals surface area contributed by atoms with Gasteiger partial charge in [-0.25, -0.2) is 9.79 Å². The number of halogens is 2. The maximum Gasteiger partial charge on any atom is 0.387 e. The smallest absolute Gasteiger partial charge is 0.387 e. The second kappa shape index (κ2) is 10.6. The highest BCUT2D eigenvalue weighted by Gasteiger charge is 2.24. The van der Waals surface area contributed by atoms with Crippen molar-refractivity contribution in [2.75, 3.05) is 27.3 Å². The van der Waals surface area contributed by atoms with Crippen LogP contribution in [0.5, 0.6) is 17.2 Å². The Morgan fingerprint density at radius 2 is 1.85 bits per heavy atom. The van der Waals surface area contributed by atoms with Crippen molar-refractivity contribution in [2.24, 2.45) is 4.99 Å². The summed E-state index contributed by atoms with van der Waals surface area (Å²) in [7, 11) is 3.26. The standard InChI is InChI=1S/C23H22F2N2O6/c1-4-30-19-12-14(5-10-18(19)31-13-20(28)27(2)3)11-17-22(29)33-21(26-17)15-6-8-16(9-7-15)32-23(24)25/h5-12,23H,4,13H2,1-3H3. The van der Waals surface area contributed by atoms with Gasteiger partial charge in [0.1, 0.15) is 5.75 Å². The van der Waals surface area contributed by atoms with E-state index in [0.717, 1.165) is 0 Å². The summed E-state index contributed by atoms with van der Waals surface area (Å²) in [5.41, 5.74) is 1.08. The lowest BCUT2D eigenvalue weighted by Gasteiger charge is -2.14. The molecule has 1 aliphatic rings. The zero-order valence-corrected chi connectivity index (χ0v) is 18.2. The molecule has 2 aromatic carbocycles. The van der Waals surface area contributed by atoms with E-state index >= 15 is 0 Å². The highest BCUT2D eigenvalue weighted by Crippen LogP contribution is 2.30. The number of likely N-dealkylation sites (N-methyl/N-ethyl adjacent to an activating group) is 1. The highest BCUT2D eigenvalue weighted by atomic mass is 19.3. The second-order valence-corrected chi connectivity index (χ2v) is 6.95. The van der Waals surface area contributed by atoms with Crippen LogP contribution in [0.25, 0.3) is 6.08 Å². The largest absolute Gasteiger partial charge is 0.490 e. The lowest BCUT2D eigenvalue weighted by atomic mass is 10.1. The quantitative estimate of drug-likeness (QED) is 0.421. The molecule has 1 aliphatic heterocycles. The molecule has 0 atom stereocenters. The molecule has 33 heavy (non-hydrogen) atoms. The number of hydrogen-bond donors (Lipinski definition) is 0. The van der Waals surface area contributed by atoms with Gasteiger partial charge < -0.3 is 23.8 Å². The molecule has 3 rings (SSSR count). The number of benzene rings is 2. The zero-order chi connectivity index (χ0) is 24.0. The van der Waals surface area contributed by atoms with E-state index in [2.05, 4.69) is 9.73 Å². The van der Waals surface area contributed by atoms with E-state index < -0.39 is 12.6 Å². The molecule has 0 aromatic heterocycles. The van der Waals surface area contributed by atoms with E-state index in [1.54, 1.807) is 32.3 Å². The minimum Gasteiger partial charge on any atom is -0.490 e. The van der Waals surface area contributed by atoms with Crippen LogP contribution >= 0.6 is 0 Å². The van der Waals surface area contributed by atoms with Gasteiger partial charge in [0, 0.05) is 19.7 Å². The SMILES string of the molecule is CCOc1cc(C=C2N=C(c3ccc(OC(F)F)cc3)OC2=O)ccc1OCC(=O)N(C)C. The third-order valence-corrected chi connectivity index (χ3v) is 4.37. The lowest BCUT2D eigenvalue weighted by Crippen LogP contribution is -2.27. The topological polar surface area (TPSA) is 86.7 Å². The molecule has 2 aromatic rings. The van der Waals surface area contributed by atoms with Gasteiger partial charge in [0.25, 0.3) is 5.91 Å². The maximum absolute atomic E-state index is 12.3. The molecular weight excluding hydrogens is 438 g/mol. The summed E-state index contributed by atoms with van der Waals surface area (Å²) in [6, 6.07) is 10.5. The third kappa shape index (κ3) is 6.28. The van der Waals surface area contributed by atoms with Crippen molar-refractivity contribution < 1.29 is 37.3 Å². The molecular formula is C23H22F2N2O6. The van der Waals surface area contributed by atoms with Crippen molar-refractivity contribution in [3.63, 3.8) is 0 Å². The van der Waals surface area contributed by atoms with Crippen LogP contribution in [-0.2, 0) is 14.3 Å². The Hall–Kier alpha value is -3.95. The molecule has 8 nitrogen and oxygen atoms in total. The predicted octanol–water partition coefficient (Wildman–Crippen LogP) is 3.50. The molecule has 0 N–H and O–H groups in total. The summed E-state index contributed by atoms with van der Waals surface area (Å²) >= 11 is 0. The predicted molar refractivity (Wildman–Crippen MR) is 115 cm³/mol. The van der Waals surface area contributed by atoms with Gasteiger partial charge in [0.15, 0.2) is 23.8 Å². The number of cyclic esters (lactones) is 1. The molecule has 0 radical (unpaired) electrons. The normalized spacial score (nSPS) is 14.2. The molecule has 0 fully saturated rings. The number of carbonyl (C=O) groups excluding carboxylic acids is 2. The number of rotatable bonds is 9. The molecule has 0 unspecified atom stereocenters. The van der Waals surface area contributed by atoms with Crippen LogP contribution in [0, 0.1) is 0 Å². The van der Waals surface area contributed by atoms with Gasteiger partial charge in [0.05, 0.1) is 6.61 Å². The number of aliphatic imine (C=N–C) groups is 1. The van der Waals surface area contributed by atoms with Crippen molar-refractivity contribution in [2.45, 2.75) is 13.5 Å². The monoisotopic (exact) mass is 460 g/mol. The van der Waals surface area contributed by atoms with E-state index in [1.165, 1.54) is 35.2 Å². The first-order valence-corrected chi connectivity index (χ1v) is 9.94. The first-order valence-electron chi connectivity index (χ1n) is 9.94. The summed E-state index contributed by atoms with van der Waals surface area (Å²) in [5, 5.41) is 0. The van der Waals surface area contributed by atoms with Crippen molar-refractivity contribution in [1.82, 2.24) is 4.90 Å². The summed E-state index contributed by atoms with van der Waals surface area (Å²) in [5.74, 6) is -0.0441. The van der Waals surface area contributed by atoms with Gasteiger partial charge in [-0.15, -0.1) is 0 Å². The maximum atomic E-state index is 12.3. The van der Waals surface area contributed by atoms with E-state index in [4.69, 9.17) is 14.2 Å². The van der Waals surface area contributed by atoms with Gasteiger partial charge >= 0.3 is 12.6 Å². The lowest BCUT2D eigenvalue weighted by molar-refractivity contribution is -0.131. The van der Waals surface area contributed by atoms with Crippen LogP contribution in [0.3, 0.4) is 0 Å². The third-order valence-electron chi connectivity index (χ3n) is 4.37. The Morgan fingerprint density at radius 1 is 1.12 bits per heavy atom. The number of carbonyl (C=O) groups is 2. The summed E-state index contributed by atoms with van der Waals surface area (Å²) < 4.78 is 45.2. The average molecular weight is 460 g/mol. The Morgan fingerprint density at radius 3 is 2.48 bits per heavy atom. The van der Waals surface area contributed by atoms with E-state index in [1.807, 2.05) is 6.92 Å². The number of nitrogens with zero attached hydrogens (tertiary/aromatic N) is 2. The molecule has 174 valence electrons. The molecule has 0 spiro atoms. The van der Waals surface area contributed by atoms with E-state index in [9.17, 15) is 18.4 Å². The van der Waals surface area contributed by atoms with Gasteiger partial charge in [-0.05, 0) is 55.0 Å². The van der Waals surface area contributed by atoms with Gasteiger partial charge in [-0.1, -0.05) is 6.07 Å². The van der Waals surface area contributed by atoms with Crippen molar-refractivity contribution >= 4 is 23.9 Å². The fourth-order valence-corrected chi connectivity index (χ4v) is 2.74. The number of esters is 1. The van der Waals surface area contributed by atoms with E-state index in [-0.39, 0.29) is 29.9 Å². The first kappa shape index (κ1) is 23.7. The fraction of sp³-hybridized carbons (Fsp3) is 0.261. The Kier molecular flexibility index (Phi) is 7.60. The number of ether oxygens (including phenoxy) is 4. The van der Waals surface area contributed by atoms with Crippen LogP contribution in [0.4, 0.5) is 8.78 Å². The van der Waals surface area contributed by atoms with Gasteiger partial charge in [-0.3, -0.25) is 4.79 Å². The second-order valence-electron chi connectivity index (χ2n) is 6.95. The number of hydrogen-bond acceptors (Lipinski definition) is 7. The first-order chi connectivity index (χ1) is 15.8. The Labute approximate surface area is 189 Å². The summed E-state index contributed by atoms with van der Waals surface area (Å²) in [6.45, 7) is -0.899. The Bertz CT molecular complexity index is 1080. The van der Waals surface area contributed by atoms with Gasteiger partial charge in [0.2, 0.25) is 5.90 Å². The molecule has 0 aliphatic carbocycles. The van der Waals surface area contributed by atoms with Crippen LogP contribution in [0.1, 0.15) is 18.1 Å². The molecule has 1 amide bonds. The van der Waals surface area contributed by atoms with Crippen molar-refractivity contribution in [1.29, 1.82) is 0 Å². The van der Waals surface area contributed by atoms with Crippen LogP contribution < -0.4 is 14.2 Å². The number of alkyl halides is 2. The minimum atomic E-state index is -2.93. The average Bonchev–Trinajstić information content (AvgIpc) is 3.13. The van der Waals surface area contributed by atoms with Crippen molar-refractivity contribution in [3.8, 4) is 17.2 Å². The zero-order valence-electron chi connectivity index (χ0n) is 18.2. The number of amides is 1. The molecule has 0 saturated carbocycles. The molecule has 1 heterocycles. The Balaban J connectivity index is 1.79. The van der Waals surface area contributed by atoms with Gasteiger partial charge in [-0.2, -0.15) is 8.78 Å². The summed E-state index contributed by atoms with van der Waals surface area (Å²) in [6.07, 6.45) is 1.51. The fourth-order valence-electron chi connectivity index (χ4n) is 2.74. The van der Waals surface area contributed by atoms with Crippen LogP contribution in [0.15, 0.2) is 53.2 Å². The van der Waals surface area contributed by atoms with Crippen LogP contribution in [0.2, 0.25) is 0 Å². The minimum absolute atomic E-state index is 0.0208. The molecule has 10 heteroatoms. The molecule has 0 bridgehead atoms. The van der Waals surface area contributed by atoms with Crippen molar-refractivity contribution in [3.05, 3.63) is 59.3 Å². The van der Waals surface area contributed by atoms with Crippen LogP contribution in [-0.4, -0.2) is 56.6 Å². The van der Waals surface area contributed by atoms with E-state index in [0.29, 0.717) is 29.2 Å². The molecule has 0 saturated heterocycles. The summed E-state index contributed by atoms with van der Waals surface area (Å²) in [4.78, 5) is 29.7.